The second-order valence-electron chi connectivity index (χ2n) is 3.93. The predicted molar refractivity (Wildman–Crippen MR) is 68.3 cm³/mol. The normalized spacial score (nSPS) is 14.4. The van der Waals surface area contributed by atoms with Gasteiger partial charge >= 0.3 is 0 Å². The van der Waals surface area contributed by atoms with Gasteiger partial charge in [-0.1, -0.05) is 18.5 Å². The van der Waals surface area contributed by atoms with Gasteiger partial charge in [0.2, 0.25) is 0 Å². The summed E-state index contributed by atoms with van der Waals surface area (Å²) in [5.41, 5.74) is 5.13. The highest BCUT2D eigenvalue weighted by Crippen LogP contribution is 2.25. The van der Waals surface area contributed by atoms with Crippen LogP contribution in [0, 0.1) is 0 Å². The molecule has 0 aliphatic heterocycles. The van der Waals surface area contributed by atoms with Crippen LogP contribution >= 0.6 is 11.6 Å². The number of aromatic nitrogens is 1. The number of pyridine rings is 1. The van der Waals surface area contributed by atoms with Crippen molar-refractivity contribution in [2.75, 3.05) is 12.3 Å². The molecule has 0 spiro atoms. The van der Waals surface area contributed by atoms with Crippen molar-refractivity contribution in [2.24, 2.45) is 0 Å². The first-order valence-corrected chi connectivity index (χ1v) is 5.92. The molecule has 1 heterocycles. The van der Waals surface area contributed by atoms with E-state index in [1.165, 1.54) is 12.3 Å². The highest BCUT2D eigenvalue weighted by atomic mass is 35.5. The van der Waals surface area contributed by atoms with E-state index in [4.69, 9.17) is 22.1 Å². The minimum atomic E-state index is -0.880. The van der Waals surface area contributed by atoms with Crippen molar-refractivity contribution in [2.45, 2.75) is 32.8 Å². The third-order valence-corrected chi connectivity index (χ3v) is 2.95. The van der Waals surface area contributed by atoms with E-state index in [9.17, 15) is 4.79 Å². The second-order valence-corrected chi connectivity index (χ2v) is 4.37. The summed E-state index contributed by atoms with van der Waals surface area (Å²) in [6.45, 7) is 5.95. The molecule has 94 valence electrons. The molecule has 17 heavy (non-hydrogen) atoms. The maximum atomic E-state index is 12.4. The fourth-order valence-corrected chi connectivity index (χ4v) is 1.72. The Morgan fingerprint density at radius 1 is 1.59 bits per heavy atom. The minimum Gasteiger partial charge on any atom is -0.383 e. The highest BCUT2D eigenvalue weighted by molar-refractivity contribution is 6.31. The number of rotatable bonds is 5. The van der Waals surface area contributed by atoms with Crippen LogP contribution in [0.4, 0.5) is 5.82 Å². The molecular weight excluding hydrogens is 240 g/mol. The number of ketones is 1. The number of ether oxygens (including phenoxy) is 1. The van der Waals surface area contributed by atoms with Gasteiger partial charge in [-0.2, -0.15) is 0 Å². The number of anilines is 1. The van der Waals surface area contributed by atoms with Gasteiger partial charge in [0.1, 0.15) is 11.4 Å². The molecule has 0 aromatic carbocycles. The van der Waals surface area contributed by atoms with Gasteiger partial charge in [-0.3, -0.25) is 4.79 Å². The number of hydrogen-bond donors (Lipinski definition) is 1. The summed E-state index contributed by atoms with van der Waals surface area (Å²) in [4.78, 5) is 16.2. The molecule has 1 unspecified atom stereocenters. The number of hydrogen-bond acceptors (Lipinski definition) is 4. The molecule has 1 rings (SSSR count). The van der Waals surface area contributed by atoms with Crippen LogP contribution in [0.25, 0.3) is 0 Å². The van der Waals surface area contributed by atoms with Gasteiger partial charge in [-0.25, -0.2) is 4.98 Å². The number of nitrogens with zero attached hydrogens (tertiary/aromatic N) is 1. The van der Waals surface area contributed by atoms with E-state index >= 15 is 0 Å². The Labute approximate surface area is 106 Å². The van der Waals surface area contributed by atoms with Crippen molar-refractivity contribution < 1.29 is 9.53 Å². The first kappa shape index (κ1) is 13.9. The van der Waals surface area contributed by atoms with E-state index in [0.29, 0.717) is 23.6 Å². The SMILES string of the molecule is CCOC(C)(CC)C(=O)c1cc(Cl)cnc1N. The zero-order valence-corrected chi connectivity index (χ0v) is 11.0. The Hall–Kier alpha value is -1.13. The average molecular weight is 257 g/mol. The van der Waals surface area contributed by atoms with Crippen LogP contribution in [0.1, 0.15) is 37.6 Å². The van der Waals surface area contributed by atoms with E-state index < -0.39 is 5.60 Å². The molecule has 0 saturated heterocycles. The van der Waals surface area contributed by atoms with E-state index in [2.05, 4.69) is 4.98 Å². The van der Waals surface area contributed by atoms with Crippen molar-refractivity contribution >= 4 is 23.2 Å². The number of nitrogens with two attached hydrogens (primary N) is 1. The van der Waals surface area contributed by atoms with Crippen LogP contribution in [0.2, 0.25) is 5.02 Å². The molecule has 0 amide bonds. The number of nitrogen functional groups attached to an aromatic ring is 1. The van der Waals surface area contributed by atoms with Crippen LogP contribution in [-0.4, -0.2) is 23.0 Å². The van der Waals surface area contributed by atoms with Gasteiger partial charge in [0.05, 0.1) is 10.6 Å². The molecular formula is C12H17ClN2O2. The number of halogens is 1. The fourth-order valence-electron chi connectivity index (χ4n) is 1.56. The van der Waals surface area contributed by atoms with Gasteiger partial charge in [0, 0.05) is 12.8 Å². The largest absolute Gasteiger partial charge is 0.383 e. The highest BCUT2D eigenvalue weighted by Gasteiger charge is 2.34. The van der Waals surface area contributed by atoms with Crippen LogP contribution in [0.5, 0.6) is 0 Å². The molecule has 5 heteroatoms. The smallest absolute Gasteiger partial charge is 0.198 e. The minimum absolute atomic E-state index is 0.179. The molecule has 0 bridgehead atoms. The van der Waals surface area contributed by atoms with E-state index in [-0.39, 0.29) is 11.6 Å². The zero-order valence-electron chi connectivity index (χ0n) is 10.3. The number of carbonyl (C=O) groups excluding carboxylic acids is 1. The number of Topliss-reactive ketones (excluding diaryl/α,β-unsaturated/α-hetero) is 1. The molecule has 0 saturated carbocycles. The lowest BCUT2D eigenvalue weighted by Crippen LogP contribution is -2.38. The molecule has 2 N–H and O–H groups in total. The van der Waals surface area contributed by atoms with Gasteiger partial charge < -0.3 is 10.5 Å². The Morgan fingerprint density at radius 3 is 2.76 bits per heavy atom. The van der Waals surface area contributed by atoms with Gasteiger partial charge in [0.15, 0.2) is 5.78 Å². The summed E-state index contributed by atoms with van der Waals surface area (Å²) >= 11 is 5.82. The van der Waals surface area contributed by atoms with Crippen molar-refractivity contribution in [1.82, 2.24) is 4.98 Å². The summed E-state index contributed by atoms with van der Waals surface area (Å²) < 4.78 is 5.51. The quantitative estimate of drug-likeness (QED) is 0.823. The van der Waals surface area contributed by atoms with E-state index in [1.807, 2.05) is 13.8 Å². The lowest BCUT2D eigenvalue weighted by Gasteiger charge is -2.26. The molecule has 1 aromatic rings. The Morgan fingerprint density at radius 2 is 2.24 bits per heavy atom. The van der Waals surface area contributed by atoms with Crippen molar-refractivity contribution in [3.05, 3.63) is 22.8 Å². The summed E-state index contributed by atoms with van der Waals surface area (Å²) in [5, 5.41) is 0.387. The fraction of sp³-hybridized carbons (Fsp3) is 0.500. The summed E-state index contributed by atoms with van der Waals surface area (Å²) in [7, 11) is 0. The Balaban J connectivity index is 3.14. The maximum absolute atomic E-state index is 12.4. The van der Waals surface area contributed by atoms with Crippen LogP contribution in [-0.2, 0) is 4.74 Å². The lowest BCUT2D eigenvalue weighted by atomic mass is 9.92. The topological polar surface area (TPSA) is 65.2 Å². The lowest BCUT2D eigenvalue weighted by molar-refractivity contribution is -0.0115. The third kappa shape index (κ3) is 2.96. The Bertz CT molecular complexity index is 423. The third-order valence-electron chi connectivity index (χ3n) is 2.75. The zero-order chi connectivity index (χ0) is 13.1. The maximum Gasteiger partial charge on any atom is 0.198 e. The first-order chi connectivity index (χ1) is 7.94. The van der Waals surface area contributed by atoms with Crippen LogP contribution < -0.4 is 5.73 Å². The molecule has 1 atom stereocenters. The van der Waals surface area contributed by atoms with Crippen molar-refractivity contribution in [3.8, 4) is 0 Å². The van der Waals surface area contributed by atoms with Crippen molar-refractivity contribution in [1.29, 1.82) is 0 Å². The molecule has 4 nitrogen and oxygen atoms in total. The summed E-state index contributed by atoms with van der Waals surface area (Å²) in [5.74, 6) is -0.00636. The average Bonchev–Trinajstić information content (AvgIpc) is 2.31. The first-order valence-electron chi connectivity index (χ1n) is 5.54. The van der Waals surface area contributed by atoms with Crippen molar-refractivity contribution in [3.63, 3.8) is 0 Å². The summed E-state index contributed by atoms with van der Waals surface area (Å²) in [6.07, 6.45) is 1.98. The standard InChI is InChI=1S/C12H17ClN2O2/c1-4-12(3,17-5-2)10(16)9-6-8(13)7-15-11(9)14/h6-7H,4-5H2,1-3H3,(H2,14,15). The van der Waals surface area contributed by atoms with Gasteiger partial charge in [0.25, 0.3) is 0 Å². The molecule has 0 fully saturated rings. The second kappa shape index (κ2) is 5.47. The van der Waals surface area contributed by atoms with Gasteiger partial charge in [-0.05, 0) is 26.3 Å². The van der Waals surface area contributed by atoms with Crippen LogP contribution in [0.15, 0.2) is 12.3 Å². The van der Waals surface area contributed by atoms with Crippen LogP contribution in [0.3, 0.4) is 0 Å². The summed E-state index contributed by atoms with van der Waals surface area (Å²) in [6, 6.07) is 1.53. The predicted octanol–water partition coefficient (Wildman–Crippen LogP) is 2.71. The molecule has 0 aliphatic carbocycles. The molecule has 0 radical (unpaired) electrons. The number of carbonyl (C=O) groups is 1. The Kier molecular flexibility index (Phi) is 4.48. The van der Waals surface area contributed by atoms with E-state index in [0.717, 1.165) is 0 Å². The van der Waals surface area contributed by atoms with E-state index in [1.54, 1.807) is 6.92 Å². The molecule has 1 aromatic heterocycles. The van der Waals surface area contributed by atoms with Gasteiger partial charge in [-0.15, -0.1) is 0 Å². The molecule has 0 aliphatic rings. The monoisotopic (exact) mass is 256 g/mol.